The standard InChI is InChI=1S/C18H12BrFO3/c19-14-3-1-13-10-17(6-2-12(13)9-14)23-18(21)11-22-16-7-4-15(20)5-8-16/h1-10H,11H2. The molecule has 0 unspecified atom stereocenters. The maximum Gasteiger partial charge on any atom is 0.349 e. The Morgan fingerprint density at radius 2 is 1.57 bits per heavy atom. The van der Waals surface area contributed by atoms with E-state index in [-0.39, 0.29) is 12.4 Å². The van der Waals surface area contributed by atoms with Gasteiger partial charge in [0.1, 0.15) is 17.3 Å². The summed E-state index contributed by atoms with van der Waals surface area (Å²) in [4.78, 5) is 11.8. The van der Waals surface area contributed by atoms with Gasteiger partial charge in [0, 0.05) is 4.47 Å². The molecule has 3 rings (SSSR count). The van der Waals surface area contributed by atoms with Crippen molar-refractivity contribution in [2.75, 3.05) is 6.61 Å². The van der Waals surface area contributed by atoms with Gasteiger partial charge in [-0.05, 0) is 59.3 Å². The molecule has 0 saturated carbocycles. The molecule has 0 atom stereocenters. The fourth-order valence-electron chi connectivity index (χ4n) is 2.09. The van der Waals surface area contributed by atoms with E-state index in [0.717, 1.165) is 15.2 Å². The molecule has 0 aromatic heterocycles. The average molecular weight is 375 g/mol. The third-order valence-corrected chi connectivity index (χ3v) is 3.67. The quantitative estimate of drug-likeness (QED) is 0.489. The molecule has 0 bridgehead atoms. The van der Waals surface area contributed by atoms with Crippen molar-refractivity contribution in [3.05, 3.63) is 71.0 Å². The predicted molar refractivity (Wildman–Crippen MR) is 89.2 cm³/mol. The van der Waals surface area contributed by atoms with Gasteiger partial charge in [0.05, 0.1) is 0 Å². The number of hydrogen-bond acceptors (Lipinski definition) is 3. The fourth-order valence-corrected chi connectivity index (χ4v) is 2.47. The number of ether oxygens (including phenoxy) is 2. The Labute approximate surface area is 140 Å². The lowest BCUT2D eigenvalue weighted by Gasteiger charge is -2.07. The second-order valence-corrected chi connectivity index (χ2v) is 5.79. The molecule has 3 aromatic rings. The van der Waals surface area contributed by atoms with Gasteiger partial charge in [-0.2, -0.15) is 0 Å². The summed E-state index contributed by atoms with van der Waals surface area (Å²) < 4.78 is 24.3. The molecule has 0 aliphatic carbocycles. The molecule has 3 aromatic carbocycles. The van der Waals surface area contributed by atoms with Crippen LogP contribution in [-0.4, -0.2) is 12.6 Å². The van der Waals surface area contributed by atoms with Gasteiger partial charge in [0.2, 0.25) is 0 Å². The minimum Gasteiger partial charge on any atom is -0.482 e. The van der Waals surface area contributed by atoms with Crippen LogP contribution in [-0.2, 0) is 4.79 Å². The number of fused-ring (bicyclic) bond motifs is 1. The Hall–Kier alpha value is -2.40. The first-order valence-electron chi connectivity index (χ1n) is 6.88. The number of carbonyl (C=O) groups excluding carboxylic acids is 1. The zero-order valence-electron chi connectivity index (χ0n) is 12.0. The van der Waals surface area contributed by atoms with E-state index in [1.807, 2.05) is 24.3 Å². The second-order valence-electron chi connectivity index (χ2n) is 4.87. The first kappa shape index (κ1) is 15.5. The highest BCUT2D eigenvalue weighted by molar-refractivity contribution is 9.10. The van der Waals surface area contributed by atoms with Gasteiger partial charge < -0.3 is 9.47 Å². The summed E-state index contributed by atoms with van der Waals surface area (Å²) in [5.74, 6) is -0.0206. The minimum absolute atomic E-state index is 0.246. The Balaban J connectivity index is 1.63. The molecule has 0 spiro atoms. The molecule has 5 heteroatoms. The van der Waals surface area contributed by atoms with Crippen molar-refractivity contribution in [3.63, 3.8) is 0 Å². The van der Waals surface area contributed by atoms with E-state index in [1.54, 1.807) is 12.1 Å². The van der Waals surface area contributed by atoms with Crippen LogP contribution in [0.4, 0.5) is 4.39 Å². The summed E-state index contributed by atoms with van der Waals surface area (Å²) in [7, 11) is 0. The summed E-state index contributed by atoms with van der Waals surface area (Å²) in [5.41, 5.74) is 0. The zero-order chi connectivity index (χ0) is 16.2. The van der Waals surface area contributed by atoms with Crippen LogP contribution in [0.15, 0.2) is 65.1 Å². The Kier molecular flexibility index (Phi) is 4.57. The highest BCUT2D eigenvalue weighted by Crippen LogP contribution is 2.24. The van der Waals surface area contributed by atoms with E-state index in [9.17, 15) is 9.18 Å². The van der Waals surface area contributed by atoms with Crippen LogP contribution in [0.1, 0.15) is 0 Å². The van der Waals surface area contributed by atoms with Crippen LogP contribution in [0.5, 0.6) is 11.5 Å². The number of halogens is 2. The van der Waals surface area contributed by atoms with E-state index in [2.05, 4.69) is 15.9 Å². The summed E-state index contributed by atoms with van der Waals surface area (Å²) in [6.45, 7) is -0.246. The minimum atomic E-state index is -0.522. The predicted octanol–water partition coefficient (Wildman–Crippen LogP) is 4.73. The van der Waals surface area contributed by atoms with Crippen LogP contribution >= 0.6 is 15.9 Å². The fraction of sp³-hybridized carbons (Fsp3) is 0.0556. The van der Waals surface area contributed by atoms with Crippen molar-refractivity contribution in [2.24, 2.45) is 0 Å². The summed E-state index contributed by atoms with van der Waals surface area (Å²) in [6.07, 6.45) is 0. The highest BCUT2D eigenvalue weighted by atomic mass is 79.9. The molecule has 23 heavy (non-hydrogen) atoms. The smallest absolute Gasteiger partial charge is 0.349 e. The Morgan fingerprint density at radius 1 is 0.913 bits per heavy atom. The van der Waals surface area contributed by atoms with Crippen molar-refractivity contribution in [2.45, 2.75) is 0 Å². The van der Waals surface area contributed by atoms with E-state index in [0.29, 0.717) is 11.5 Å². The number of rotatable bonds is 4. The Morgan fingerprint density at radius 3 is 2.35 bits per heavy atom. The molecule has 0 amide bonds. The number of esters is 1. The van der Waals surface area contributed by atoms with Gasteiger partial charge in [0.15, 0.2) is 6.61 Å². The molecule has 0 aliphatic rings. The first-order chi connectivity index (χ1) is 11.1. The molecular formula is C18H12BrFO3. The number of benzene rings is 3. The molecule has 0 heterocycles. The first-order valence-corrected chi connectivity index (χ1v) is 7.68. The normalized spacial score (nSPS) is 10.5. The van der Waals surface area contributed by atoms with Gasteiger partial charge in [0.25, 0.3) is 0 Å². The molecule has 116 valence electrons. The third-order valence-electron chi connectivity index (χ3n) is 3.18. The van der Waals surface area contributed by atoms with Crippen LogP contribution in [0.25, 0.3) is 10.8 Å². The molecular weight excluding hydrogens is 363 g/mol. The summed E-state index contributed by atoms with van der Waals surface area (Å²) in [6, 6.07) is 16.7. The topological polar surface area (TPSA) is 35.5 Å². The lowest BCUT2D eigenvalue weighted by atomic mass is 10.1. The van der Waals surface area contributed by atoms with Crippen molar-refractivity contribution in [1.29, 1.82) is 0 Å². The summed E-state index contributed by atoms with van der Waals surface area (Å²) in [5, 5.41) is 2.01. The van der Waals surface area contributed by atoms with Gasteiger partial charge >= 0.3 is 5.97 Å². The monoisotopic (exact) mass is 374 g/mol. The highest BCUT2D eigenvalue weighted by Gasteiger charge is 2.07. The van der Waals surface area contributed by atoms with Crippen molar-refractivity contribution < 1.29 is 18.7 Å². The van der Waals surface area contributed by atoms with Gasteiger partial charge in [-0.1, -0.05) is 28.1 Å². The average Bonchev–Trinajstić information content (AvgIpc) is 2.54. The summed E-state index contributed by atoms with van der Waals surface area (Å²) >= 11 is 3.41. The lowest BCUT2D eigenvalue weighted by Crippen LogP contribution is -2.17. The second kappa shape index (κ2) is 6.79. The molecule has 3 nitrogen and oxygen atoms in total. The van der Waals surface area contributed by atoms with Crippen molar-refractivity contribution in [1.82, 2.24) is 0 Å². The van der Waals surface area contributed by atoms with Crippen LogP contribution < -0.4 is 9.47 Å². The number of carbonyl (C=O) groups is 1. The van der Waals surface area contributed by atoms with E-state index < -0.39 is 5.97 Å². The Bertz CT molecular complexity index is 847. The molecule has 0 radical (unpaired) electrons. The van der Waals surface area contributed by atoms with Gasteiger partial charge in [-0.25, -0.2) is 9.18 Å². The van der Waals surface area contributed by atoms with Crippen molar-refractivity contribution in [3.8, 4) is 11.5 Å². The van der Waals surface area contributed by atoms with Crippen LogP contribution in [0.2, 0.25) is 0 Å². The SMILES string of the molecule is O=C(COc1ccc(F)cc1)Oc1ccc2cc(Br)ccc2c1. The van der Waals surface area contributed by atoms with Crippen molar-refractivity contribution >= 4 is 32.7 Å². The zero-order valence-corrected chi connectivity index (χ0v) is 13.5. The van der Waals surface area contributed by atoms with Crippen LogP contribution in [0.3, 0.4) is 0 Å². The van der Waals surface area contributed by atoms with Crippen LogP contribution in [0, 0.1) is 5.82 Å². The van der Waals surface area contributed by atoms with Gasteiger partial charge in [-0.3, -0.25) is 0 Å². The molecule has 0 N–H and O–H groups in total. The van der Waals surface area contributed by atoms with E-state index in [1.165, 1.54) is 24.3 Å². The van der Waals surface area contributed by atoms with E-state index >= 15 is 0 Å². The molecule has 0 fully saturated rings. The molecule has 0 saturated heterocycles. The largest absolute Gasteiger partial charge is 0.482 e. The lowest BCUT2D eigenvalue weighted by molar-refractivity contribution is -0.136. The maximum absolute atomic E-state index is 12.8. The number of hydrogen-bond donors (Lipinski definition) is 0. The molecule has 0 aliphatic heterocycles. The van der Waals surface area contributed by atoms with E-state index in [4.69, 9.17) is 9.47 Å². The maximum atomic E-state index is 12.8. The third kappa shape index (κ3) is 4.07. The van der Waals surface area contributed by atoms with Gasteiger partial charge in [-0.15, -0.1) is 0 Å².